The number of hydrogen-bond acceptors (Lipinski definition) is 2. The van der Waals surface area contributed by atoms with Crippen LogP contribution in [0.15, 0.2) is 18.2 Å². The highest BCUT2D eigenvalue weighted by Gasteiger charge is 2.48. The number of aryl methyl sites for hydroxylation is 1. The molecule has 1 saturated heterocycles. The Morgan fingerprint density at radius 3 is 2.50 bits per heavy atom. The van der Waals surface area contributed by atoms with Gasteiger partial charge in [0, 0.05) is 25.1 Å². The lowest BCUT2D eigenvalue weighted by Gasteiger charge is -2.40. The van der Waals surface area contributed by atoms with E-state index in [2.05, 4.69) is 5.32 Å². The van der Waals surface area contributed by atoms with Crippen LogP contribution in [-0.2, 0) is 4.79 Å². The Morgan fingerprint density at radius 1 is 1.25 bits per heavy atom. The standard InChI is InChI=1S/C16H18F4N2O2/c1-9-3-4-11(17)7-13(9)15(24)22-8-12(21-10(2)23)5-6-14(22)16(18,19)20/h3-4,7,12,14H,5-6,8H2,1-2H3,(H,21,23)/t12-,14+/m1/s1. The maximum atomic E-state index is 13.4. The Morgan fingerprint density at radius 2 is 1.92 bits per heavy atom. The molecule has 1 aromatic rings. The predicted octanol–water partition coefficient (Wildman–Crippen LogP) is 2.81. The summed E-state index contributed by atoms with van der Waals surface area (Å²) in [5.41, 5.74) is 0.289. The molecule has 0 aromatic heterocycles. The molecule has 1 aromatic carbocycles. The molecule has 0 radical (unpaired) electrons. The van der Waals surface area contributed by atoms with Crippen LogP contribution < -0.4 is 5.32 Å². The summed E-state index contributed by atoms with van der Waals surface area (Å²) in [6.45, 7) is 2.53. The van der Waals surface area contributed by atoms with Crippen molar-refractivity contribution < 1.29 is 27.2 Å². The summed E-state index contributed by atoms with van der Waals surface area (Å²) in [5, 5.41) is 2.54. The molecule has 1 N–H and O–H groups in total. The fourth-order valence-electron chi connectivity index (χ4n) is 2.92. The quantitative estimate of drug-likeness (QED) is 0.837. The van der Waals surface area contributed by atoms with E-state index >= 15 is 0 Å². The fourth-order valence-corrected chi connectivity index (χ4v) is 2.92. The second-order valence-corrected chi connectivity index (χ2v) is 5.95. The van der Waals surface area contributed by atoms with E-state index in [1.165, 1.54) is 19.9 Å². The lowest BCUT2D eigenvalue weighted by Crippen LogP contribution is -2.58. The highest BCUT2D eigenvalue weighted by molar-refractivity contribution is 5.96. The van der Waals surface area contributed by atoms with Crippen LogP contribution in [0.25, 0.3) is 0 Å². The largest absolute Gasteiger partial charge is 0.408 e. The number of carbonyl (C=O) groups is 2. The molecule has 2 rings (SSSR count). The maximum Gasteiger partial charge on any atom is 0.408 e. The molecule has 2 amide bonds. The molecule has 1 fully saturated rings. The van der Waals surface area contributed by atoms with Gasteiger partial charge in [-0.15, -0.1) is 0 Å². The second kappa shape index (κ2) is 6.78. The van der Waals surface area contributed by atoms with E-state index in [0.717, 1.165) is 12.1 Å². The van der Waals surface area contributed by atoms with Gasteiger partial charge in [-0.2, -0.15) is 13.2 Å². The number of halogens is 4. The van der Waals surface area contributed by atoms with Gasteiger partial charge in [-0.1, -0.05) is 6.07 Å². The van der Waals surface area contributed by atoms with Gasteiger partial charge in [0.05, 0.1) is 0 Å². The molecule has 8 heteroatoms. The normalized spacial score (nSPS) is 21.5. The van der Waals surface area contributed by atoms with Gasteiger partial charge in [-0.25, -0.2) is 4.39 Å². The van der Waals surface area contributed by atoms with Crippen LogP contribution in [0.3, 0.4) is 0 Å². The monoisotopic (exact) mass is 346 g/mol. The minimum atomic E-state index is -4.59. The zero-order valence-corrected chi connectivity index (χ0v) is 13.3. The molecular weight excluding hydrogens is 328 g/mol. The highest BCUT2D eigenvalue weighted by atomic mass is 19.4. The third kappa shape index (κ3) is 4.04. The van der Waals surface area contributed by atoms with E-state index in [-0.39, 0.29) is 30.9 Å². The summed E-state index contributed by atoms with van der Waals surface area (Å²) in [7, 11) is 0. The van der Waals surface area contributed by atoms with Crippen molar-refractivity contribution in [3.63, 3.8) is 0 Å². The Bertz CT molecular complexity index is 645. The summed E-state index contributed by atoms with van der Waals surface area (Å²) in [5.74, 6) is -1.95. The van der Waals surface area contributed by atoms with Gasteiger partial charge in [0.25, 0.3) is 5.91 Å². The first kappa shape index (κ1) is 18.2. The number of hydrogen-bond donors (Lipinski definition) is 1. The van der Waals surface area contributed by atoms with Crippen LogP contribution in [-0.4, -0.2) is 41.5 Å². The molecule has 0 saturated carbocycles. The number of nitrogens with zero attached hydrogens (tertiary/aromatic N) is 1. The molecule has 24 heavy (non-hydrogen) atoms. The Kier molecular flexibility index (Phi) is 5.15. The maximum absolute atomic E-state index is 13.4. The smallest absolute Gasteiger partial charge is 0.352 e. The molecule has 0 aliphatic carbocycles. The van der Waals surface area contributed by atoms with Crippen molar-refractivity contribution in [2.45, 2.75) is 44.9 Å². The SMILES string of the molecule is CC(=O)N[C@@H]1CC[C@@H](C(F)(F)F)N(C(=O)c2cc(F)ccc2C)C1. The van der Waals surface area contributed by atoms with E-state index in [1.54, 1.807) is 0 Å². The number of likely N-dealkylation sites (tertiary alicyclic amines) is 1. The molecule has 1 aliphatic rings. The second-order valence-electron chi connectivity index (χ2n) is 5.95. The minimum absolute atomic E-state index is 0.104. The number of benzene rings is 1. The molecule has 1 heterocycles. The highest BCUT2D eigenvalue weighted by Crippen LogP contribution is 2.33. The molecule has 2 atom stereocenters. The van der Waals surface area contributed by atoms with Crippen molar-refractivity contribution in [3.8, 4) is 0 Å². The van der Waals surface area contributed by atoms with Gasteiger partial charge in [0.15, 0.2) is 0 Å². The number of amides is 2. The molecule has 132 valence electrons. The number of rotatable bonds is 2. The van der Waals surface area contributed by atoms with Gasteiger partial charge in [-0.05, 0) is 37.5 Å². The lowest BCUT2D eigenvalue weighted by atomic mass is 9.95. The molecule has 0 bridgehead atoms. The Labute approximate surface area is 136 Å². The van der Waals surface area contributed by atoms with Gasteiger partial charge >= 0.3 is 6.18 Å². The van der Waals surface area contributed by atoms with E-state index < -0.39 is 30.0 Å². The first-order valence-electron chi connectivity index (χ1n) is 7.50. The zero-order chi connectivity index (χ0) is 18.1. The third-order valence-electron chi connectivity index (χ3n) is 4.06. The Balaban J connectivity index is 2.33. The summed E-state index contributed by atoms with van der Waals surface area (Å²) >= 11 is 0. The number of piperidine rings is 1. The van der Waals surface area contributed by atoms with Gasteiger partial charge in [-0.3, -0.25) is 9.59 Å². The summed E-state index contributed by atoms with van der Waals surface area (Å²) in [6, 6.07) is 0.925. The van der Waals surface area contributed by atoms with Gasteiger partial charge in [0.2, 0.25) is 5.91 Å². The van der Waals surface area contributed by atoms with E-state index in [0.29, 0.717) is 10.5 Å². The van der Waals surface area contributed by atoms with Crippen LogP contribution in [0.4, 0.5) is 17.6 Å². The predicted molar refractivity (Wildman–Crippen MR) is 78.9 cm³/mol. The molecule has 1 aliphatic heterocycles. The average Bonchev–Trinajstić information content (AvgIpc) is 2.47. The van der Waals surface area contributed by atoms with Crippen molar-refractivity contribution in [3.05, 3.63) is 35.1 Å². The van der Waals surface area contributed by atoms with E-state index in [4.69, 9.17) is 0 Å². The van der Waals surface area contributed by atoms with Crippen LogP contribution in [0.2, 0.25) is 0 Å². The van der Waals surface area contributed by atoms with E-state index in [9.17, 15) is 27.2 Å². The summed E-state index contributed by atoms with van der Waals surface area (Å²) in [4.78, 5) is 24.4. The first-order chi connectivity index (χ1) is 11.1. The van der Waals surface area contributed by atoms with E-state index in [1.807, 2.05) is 0 Å². The fraction of sp³-hybridized carbons (Fsp3) is 0.500. The van der Waals surface area contributed by atoms with Crippen molar-refractivity contribution >= 4 is 11.8 Å². The van der Waals surface area contributed by atoms with Gasteiger partial charge in [0.1, 0.15) is 11.9 Å². The number of carbonyl (C=O) groups excluding carboxylic acids is 2. The minimum Gasteiger partial charge on any atom is -0.352 e. The molecular formula is C16H18F4N2O2. The average molecular weight is 346 g/mol. The van der Waals surface area contributed by atoms with Gasteiger partial charge < -0.3 is 10.2 Å². The van der Waals surface area contributed by atoms with Crippen LogP contribution >= 0.6 is 0 Å². The van der Waals surface area contributed by atoms with Crippen LogP contribution in [0.1, 0.15) is 35.7 Å². The molecule has 0 spiro atoms. The summed E-state index contributed by atoms with van der Waals surface area (Å²) < 4.78 is 53.2. The zero-order valence-electron chi connectivity index (χ0n) is 13.3. The lowest BCUT2D eigenvalue weighted by molar-refractivity contribution is -0.184. The topological polar surface area (TPSA) is 49.4 Å². The van der Waals surface area contributed by atoms with Crippen LogP contribution in [0, 0.1) is 12.7 Å². The first-order valence-corrected chi connectivity index (χ1v) is 7.50. The van der Waals surface area contributed by atoms with Crippen molar-refractivity contribution in [2.75, 3.05) is 6.54 Å². The number of alkyl halides is 3. The number of nitrogens with one attached hydrogen (secondary N) is 1. The summed E-state index contributed by atoms with van der Waals surface area (Å²) in [6.07, 6.45) is -4.78. The molecule has 4 nitrogen and oxygen atoms in total. The van der Waals surface area contributed by atoms with Crippen molar-refractivity contribution in [2.24, 2.45) is 0 Å². The molecule has 0 unspecified atom stereocenters. The van der Waals surface area contributed by atoms with Crippen LogP contribution in [0.5, 0.6) is 0 Å². The Hall–Kier alpha value is -2.12. The third-order valence-corrected chi connectivity index (χ3v) is 4.06. The van der Waals surface area contributed by atoms with Crippen molar-refractivity contribution in [1.82, 2.24) is 10.2 Å². The van der Waals surface area contributed by atoms with Crippen molar-refractivity contribution in [1.29, 1.82) is 0 Å².